The van der Waals surface area contributed by atoms with E-state index in [2.05, 4.69) is 15.8 Å². The van der Waals surface area contributed by atoms with Crippen LogP contribution in [-0.2, 0) is 9.59 Å². The summed E-state index contributed by atoms with van der Waals surface area (Å²) in [6.45, 7) is 2.17. The maximum atomic E-state index is 12.2. The summed E-state index contributed by atoms with van der Waals surface area (Å²) in [7, 11) is 0. The largest absolute Gasteiger partial charge is 0.360 e. The summed E-state index contributed by atoms with van der Waals surface area (Å²) in [6, 6.07) is 8.37. The Balaban J connectivity index is 1.57. The highest BCUT2D eigenvalue weighted by molar-refractivity contribution is 6.01. The second-order valence-corrected chi connectivity index (χ2v) is 5.75. The zero-order valence-corrected chi connectivity index (χ0v) is 13.7. The summed E-state index contributed by atoms with van der Waals surface area (Å²) in [5, 5.41) is 8.71. The fourth-order valence-electron chi connectivity index (χ4n) is 2.61. The lowest BCUT2D eigenvalue weighted by Crippen LogP contribution is -2.33. The molecule has 25 heavy (non-hydrogen) atoms. The molecule has 1 aliphatic rings. The van der Waals surface area contributed by atoms with E-state index < -0.39 is 5.91 Å². The molecule has 0 bridgehead atoms. The number of anilines is 2. The summed E-state index contributed by atoms with van der Waals surface area (Å²) < 4.78 is 4.85. The minimum atomic E-state index is -0.410. The van der Waals surface area contributed by atoms with Crippen LogP contribution in [0, 0.1) is 6.92 Å². The van der Waals surface area contributed by atoms with Gasteiger partial charge >= 0.3 is 0 Å². The van der Waals surface area contributed by atoms with Gasteiger partial charge in [0, 0.05) is 30.3 Å². The Kier molecular flexibility index (Phi) is 4.78. The van der Waals surface area contributed by atoms with Crippen molar-refractivity contribution < 1.29 is 18.9 Å². The highest BCUT2D eigenvalue weighted by Gasteiger charge is 2.22. The summed E-state index contributed by atoms with van der Waals surface area (Å²) in [5.74, 6) is 0.131. The van der Waals surface area contributed by atoms with E-state index in [-0.39, 0.29) is 18.4 Å². The van der Waals surface area contributed by atoms with Crippen molar-refractivity contribution in [3.8, 4) is 0 Å². The number of rotatable bonds is 5. The van der Waals surface area contributed by atoms with Crippen LogP contribution in [-0.4, -0.2) is 36.0 Å². The minimum absolute atomic E-state index is 0.0554. The second kappa shape index (κ2) is 7.16. The van der Waals surface area contributed by atoms with Crippen LogP contribution in [0.5, 0.6) is 0 Å². The Labute approximate surface area is 144 Å². The van der Waals surface area contributed by atoms with Crippen molar-refractivity contribution >= 4 is 29.2 Å². The maximum Gasteiger partial charge on any atom is 0.251 e. The predicted octanol–water partition coefficient (Wildman–Crippen LogP) is 1.48. The molecule has 8 nitrogen and oxygen atoms in total. The van der Waals surface area contributed by atoms with E-state index in [4.69, 9.17) is 4.52 Å². The number of nitrogens with one attached hydrogen (secondary N) is 2. The average Bonchev–Trinajstić information content (AvgIpc) is 3.21. The lowest BCUT2D eigenvalue weighted by atomic mass is 10.1. The molecule has 3 rings (SSSR count). The van der Waals surface area contributed by atoms with Crippen LogP contribution in [0.15, 0.2) is 34.9 Å². The predicted molar refractivity (Wildman–Crippen MR) is 90.2 cm³/mol. The Bertz CT molecular complexity index is 814. The van der Waals surface area contributed by atoms with Gasteiger partial charge in [0.1, 0.15) is 5.76 Å². The van der Waals surface area contributed by atoms with E-state index in [0.717, 1.165) is 6.42 Å². The second-order valence-electron chi connectivity index (χ2n) is 5.75. The summed E-state index contributed by atoms with van der Waals surface area (Å²) in [5.41, 5.74) is 1.08. The van der Waals surface area contributed by atoms with Crippen molar-refractivity contribution in [3.05, 3.63) is 41.7 Å². The first-order valence-corrected chi connectivity index (χ1v) is 7.95. The fourth-order valence-corrected chi connectivity index (χ4v) is 2.61. The van der Waals surface area contributed by atoms with Crippen LogP contribution < -0.4 is 15.5 Å². The molecule has 0 spiro atoms. The molecular formula is C17H18N4O4. The molecule has 1 aromatic carbocycles. The highest BCUT2D eigenvalue weighted by Crippen LogP contribution is 2.22. The molecule has 0 radical (unpaired) electrons. The van der Waals surface area contributed by atoms with E-state index in [0.29, 0.717) is 35.8 Å². The summed E-state index contributed by atoms with van der Waals surface area (Å²) in [4.78, 5) is 37.5. The zero-order chi connectivity index (χ0) is 17.8. The lowest BCUT2D eigenvalue weighted by Gasteiger charge is -2.16. The number of hydrogen-bond donors (Lipinski definition) is 2. The van der Waals surface area contributed by atoms with Gasteiger partial charge in [-0.1, -0.05) is 11.2 Å². The minimum Gasteiger partial charge on any atom is -0.360 e. The van der Waals surface area contributed by atoms with Crippen molar-refractivity contribution in [1.29, 1.82) is 0 Å². The quantitative estimate of drug-likeness (QED) is 0.856. The number of aryl methyl sites for hydroxylation is 1. The molecule has 1 saturated heterocycles. The van der Waals surface area contributed by atoms with Gasteiger partial charge in [-0.05, 0) is 31.5 Å². The van der Waals surface area contributed by atoms with E-state index in [9.17, 15) is 14.4 Å². The molecule has 0 aliphatic carbocycles. The van der Waals surface area contributed by atoms with E-state index in [1.54, 1.807) is 42.2 Å². The number of nitrogens with zero attached hydrogens (tertiary/aromatic N) is 2. The first kappa shape index (κ1) is 16.7. The van der Waals surface area contributed by atoms with Gasteiger partial charge in [0.05, 0.1) is 6.54 Å². The van der Waals surface area contributed by atoms with Gasteiger partial charge in [-0.2, -0.15) is 0 Å². The van der Waals surface area contributed by atoms with Gasteiger partial charge in [0.2, 0.25) is 11.8 Å². The third-order valence-electron chi connectivity index (χ3n) is 3.80. The average molecular weight is 342 g/mol. The molecule has 3 amide bonds. The van der Waals surface area contributed by atoms with Crippen molar-refractivity contribution in [1.82, 2.24) is 10.5 Å². The third-order valence-corrected chi connectivity index (χ3v) is 3.80. The first-order valence-electron chi connectivity index (χ1n) is 7.95. The van der Waals surface area contributed by atoms with Crippen molar-refractivity contribution in [2.24, 2.45) is 0 Å². The molecule has 2 heterocycles. The Morgan fingerprint density at radius 3 is 2.84 bits per heavy atom. The molecule has 1 aromatic heterocycles. The first-order chi connectivity index (χ1) is 12.0. The maximum absolute atomic E-state index is 12.2. The van der Waals surface area contributed by atoms with Crippen LogP contribution in [0.25, 0.3) is 0 Å². The molecule has 2 N–H and O–H groups in total. The highest BCUT2D eigenvalue weighted by atomic mass is 16.5. The number of carbonyl (C=O) groups is 3. The van der Waals surface area contributed by atoms with Gasteiger partial charge < -0.3 is 20.1 Å². The normalized spacial score (nSPS) is 13.8. The number of amides is 3. The van der Waals surface area contributed by atoms with E-state index >= 15 is 0 Å². The van der Waals surface area contributed by atoms with Gasteiger partial charge in [-0.3, -0.25) is 14.4 Å². The molecule has 0 saturated carbocycles. The standard InChI is InChI=1S/C17H18N4O4/c1-11-8-14(20-25-11)19-15(22)10-18-17(24)12-4-2-5-13(9-12)21-7-3-6-16(21)23/h2,4-5,8-9H,3,6-7,10H2,1H3,(H,18,24)(H,19,20,22). The zero-order valence-electron chi connectivity index (χ0n) is 13.7. The van der Waals surface area contributed by atoms with Gasteiger partial charge in [0.15, 0.2) is 5.82 Å². The van der Waals surface area contributed by atoms with Gasteiger partial charge in [-0.25, -0.2) is 0 Å². The monoisotopic (exact) mass is 342 g/mol. The molecule has 0 atom stereocenters. The van der Waals surface area contributed by atoms with Gasteiger partial charge in [-0.15, -0.1) is 0 Å². The van der Waals surface area contributed by atoms with E-state index in [1.165, 1.54) is 0 Å². The number of aromatic nitrogens is 1. The molecule has 8 heteroatoms. The molecular weight excluding hydrogens is 324 g/mol. The molecule has 0 unspecified atom stereocenters. The molecule has 1 fully saturated rings. The van der Waals surface area contributed by atoms with Crippen LogP contribution in [0.4, 0.5) is 11.5 Å². The smallest absolute Gasteiger partial charge is 0.251 e. The van der Waals surface area contributed by atoms with E-state index in [1.807, 2.05) is 0 Å². The van der Waals surface area contributed by atoms with Crippen molar-refractivity contribution in [2.45, 2.75) is 19.8 Å². The Morgan fingerprint density at radius 2 is 2.16 bits per heavy atom. The van der Waals surface area contributed by atoms with Crippen LogP contribution in [0.1, 0.15) is 29.0 Å². The number of carbonyl (C=O) groups excluding carboxylic acids is 3. The molecule has 2 aromatic rings. The SMILES string of the molecule is Cc1cc(NC(=O)CNC(=O)c2cccc(N3CCCC3=O)c2)no1. The summed E-state index contributed by atoms with van der Waals surface area (Å²) in [6.07, 6.45) is 1.34. The van der Waals surface area contributed by atoms with Gasteiger partial charge in [0.25, 0.3) is 5.91 Å². The fraction of sp³-hybridized carbons (Fsp3) is 0.294. The molecule has 130 valence electrons. The van der Waals surface area contributed by atoms with Crippen LogP contribution in [0.2, 0.25) is 0 Å². The van der Waals surface area contributed by atoms with Crippen molar-refractivity contribution in [3.63, 3.8) is 0 Å². The molecule has 1 aliphatic heterocycles. The Hall–Kier alpha value is -3.16. The van der Waals surface area contributed by atoms with Crippen LogP contribution in [0.3, 0.4) is 0 Å². The topological polar surface area (TPSA) is 105 Å². The number of hydrogen-bond acceptors (Lipinski definition) is 5. The van der Waals surface area contributed by atoms with Crippen molar-refractivity contribution in [2.75, 3.05) is 23.3 Å². The third kappa shape index (κ3) is 4.03. The lowest BCUT2D eigenvalue weighted by molar-refractivity contribution is -0.117. The Morgan fingerprint density at radius 1 is 1.32 bits per heavy atom. The summed E-state index contributed by atoms with van der Waals surface area (Å²) >= 11 is 0. The van der Waals surface area contributed by atoms with Crippen LogP contribution >= 0.6 is 0 Å². The number of benzene rings is 1.